The zero-order chi connectivity index (χ0) is 14.5. The molecule has 1 aromatic carbocycles. The summed E-state index contributed by atoms with van der Waals surface area (Å²) in [5.74, 6) is 1.45. The maximum absolute atomic E-state index is 12.1. The van der Waals surface area contributed by atoms with E-state index in [1.165, 1.54) is 12.0 Å². The number of carbonyl (C=O) groups is 1. The molecule has 0 spiro atoms. The number of benzene rings is 1. The van der Waals surface area contributed by atoms with Crippen LogP contribution in [0.25, 0.3) is 0 Å². The van der Waals surface area contributed by atoms with E-state index in [1.807, 2.05) is 6.07 Å². The Balaban J connectivity index is 1.92. The highest BCUT2D eigenvalue weighted by molar-refractivity contribution is 9.10. The van der Waals surface area contributed by atoms with E-state index in [4.69, 9.17) is 0 Å². The summed E-state index contributed by atoms with van der Waals surface area (Å²) in [5, 5.41) is 0. The van der Waals surface area contributed by atoms with Gasteiger partial charge in [-0.05, 0) is 37.4 Å². The minimum atomic E-state index is 0.237. The fourth-order valence-corrected chi connectivity index (χ4v) is 3.52. The molecule has 1 saturated carbocycles. The van der Waals surface area contributed by atoms with Crippen LogP contribution in [0.15, 0.2) is 28.7 Å². The maximum atomic E-state index is 12.1. The number of hydrogen-bond donors (Lipinski definition) is 0. The first kappa shape index (κ1) is 15.7. The highest BCUT2D eigenvalue weighted by Crippen LogP contribution is 2.29. The normalized spacial score (nSPS) is 23.3. The average molecular weight is 338 g/mol. The Morgan fingerprint density at radius 1 is 1.35 bits per heavy atom. The third-order valence-electron chi connectivity index (χ3n) is 4.38. The fourth-order valence-electron chi connectivity index (χ4n) is 3.11. The quantitative estimate of drug-likeness (QED) is 0.799. The van der Waals surface area contributed by atoms with Crippen molar-refractivity contribution in [2.24, 2.45) is 11.8 Å². The van der Waals surface area contributed by atoms with Crippen molar-refractivity contribution in [1.82, 2.24) is 4.90 Å². The van der Waals surface area contributed by atoms with Gasteiger partial charge in [0.15, 0.2) is 0 Å². The van der Waals surface area contributed by atoms with Gasteiger partial charge in [0.05, 0.1) is 0 Å². The average Bonchev–Trinajstić information content (AvgIpc) is 2.44. The summed E-state index contributed by atoms with van der Waals surface area (Å²) in [5.41, 5.74) is 1.28. The zero-order valence-corrected chi connectivity index (χ0v) is 14.0. The lowest BCUT2D eigenvalue weighted by Gasteiger charge is -2.30. The molecule has 1 aliphatic rings. The largest absolute Gasteiger partial charge is 0.301 e. The number of halogens is 1. The van der Waals surface area contributed by atoms with Gasteiger partial charge in [-0.25, -0.2) is 0 Å². The maximum Gasteiger partial charge on any atom is 0.137 e. The van der Waals surface area contributed by atoms with E-state index < -0.39 is 0 Å². The third-order valence-corrected chi connectivity index (χ3v) is 5.15. The Bertz CT molecular complexity index is 460. The van der Waals surface area contributed by atoms with Crippen LogP contribution in [0.4, 0.5) is 0 Å². The highest BCUT2D eigenvalue weighted by atomic mass is 79.9. The number of Topliss-reactive ketones (excluding diaryl/α,β-unsaturated/α-hetero) is 1. The van der Waals surface area contributed by atoms with Crippen molar-refractivity contribution in [2.45, 2.75) is 39.2 Å². The Labute approximate surface area is 130 Å². The molecule has 0 saturated heterocycles. The van der Waals surface area contributed by atoms with Crippen molar-refractivity contribution >= 4 is 21.7 Å². The van der Waals surface area contributed by atoms with Gasteiger partial charge in [-0.15, -0.1) is 0 Å². The van der Waals surface area contributed by atoms with Crippen molar-refractivity contribution < 1.29 is 4.79 Å². The van der Waals surface area contributed by atoms with E-state index in [1.54, 1.807) is 0 Å². The number of carbonyl (C=O) groups excluding carboxylic acids is 1. The second-order valence-corrected chi connectivity index (χ2v) is 6.85. The molecule has 0 heterocycles. The van der Waals surface area contributed by atoms with Crippen LogP contribution >= 0.6 is 15.9 Å². The van der Waals surface area contributed by atoms with Crippen LogP contribution in [-0.2, 0) is 11.3 Å². The Morgan fingerprint density at radius 3 is 2.80 bits per heavy atom. The van der Waals surface area contributed by atoms with Crippen LogP contribution in [0.5, 0.6) is 0 Å². The molecule has 110 valence electrons. The molecule has 2 atom stereocenters. The van der Waals surface area contributed by atoms with E-state index in [9.17, 15) is 4.79 Å². The van der Waals surface area contributed by atoms with Crippen molar-refractivity contribution in [2.75, 3.05) is 13.6 Å². The molecular weight excluding hydrogens is 314 g/mol. The molecule has 0 radical (unpaired) electrons. The number of hydrogen-bond acceptors (Lipinski definition) is 2. The van der Waals surface area contributed by atoms with Gasteiger partial charge in [0.1, 0.15) is 5.78 Å². The Kier molecular flexibility index (Phi) is 5.79. The summed E-state index contributed by atoms with van der Waals surface area (Å²) in [4.78, 5) is 14.4. The molecular formula is C17H24BrNO. The minimum absolute atomic E-state index is 0.237. The molecule has 0 amide bonds. The predicted octanol–water partition coefficient (Wildman–Crippen LogP) is 4.28. The second kappa shape index (κ2) is 7.37. The van der Waals surface area contributed by atoms with Crippen molar-refractivity contribution in [1.29, 1.82) is 0 Å². The van der Waals surface area contributed by atoms with Gasteiger partial charge in [0.25, 0.3) is 0 Å². The molecule has 2 unspecified atom stereocenters. The molecule has 1 fully saturated rings. The number of nitrogens with zero attached hydrogens (tertiary/aromatic N) is 1. The molecule has 1 aromatic rings. The van der Waals surface area contributed by atoms with Gasteiger partial charge in [-0.2, -0.15) is 0 Å². The van der Waals surface area contributed by atoms with Gasteiger partial charge < -0.3 is 4.90 Å². The summed E-state index contributed by atoms with van der Waals surface area (Å²) < 4.78 is 1.15. The molecule has 20 heavy (non-hydrogen) atoms. The van der Waals surface area contributed by atoms with Crippen LogP contribution in [-0.4, -0.2) is 24.3 Å². The molecule has 2 nitrogen and oxygen atoms in total. The molecule has 0 aromatic heterocycles. The van der Waals surface area contributed by atoms with Crippen LogP contribution in [0.2, 0.25) is 0 Å². The van der Waals surface area contributed by atoms with Crippen LogP contribution in [0.3, 0.4) is 0 Å². The molecule has 0 bridgehead atoms. The SMILES string of the molecule is CCC1CCC(=O)C(CN(C)Cc2ccccc2Br)C1. The molecule has 1 aliphatic carbocycles. The van der Waals surface area contributed by atoms with Gasteiger partial charge in [0.2, 0.25) is 0 Å². The lowest BCUT2D eigenvalue weighted by Crippen LogP contribution is -2.34. The Morgan fingerprint density at radius 2 is 2.10 bits per heavy atom. The van der Waals surface area contributed by atoms with Gasteiger partial charge in [-0.1, -0.05) is 47.5 Å². The van der Waals surface area contributed by atoms with E-state index in [-0.39, 0.29) is 5.92 Å². The van der Waals surface area contributed by atoms with E-state index >= 15 is 0 Å². The summed E-state index contributed by atoms with van der Waals surface area (Å²) in [6, 6.07) is 8.30. The first-order valence-electron chi connectivity index (χ1n) is 7.54. The molecule has 0 N–H and O–H groups in total. The van der Waals surface area contributed by atoms with Gasteiger partial charge >= 0.3 is 0 Å². The molecule has 0 aliphatic heterocycles. The summed E-state index contributed by atoms with van der Waals surface area (Å²) in [6.07, 6.45) is 4.17. The molecule has 2 rings (SSSR count). The van der Waals surface area contributed by atoms with Gasteiger partial charge in [-0.3, -0.25) is 4.79 Å². The monoisotopic (exact) mass is 337 g/mol. The fraction of sp³-hybridized carbons (Fsp3) is 0.588. The third kappa shape index (κ3) is 4.16. The van der Waals surface area contributed by atoms with Crippen LogP contribution in [0, 0.1) is 11.8 Å². The van der Waals surface area contributed by atoms with Gasteiger partial charge in [0, 0.05) is 29.9 Å². The lowest BCUT2D eigenvalue weighted by atomic mass is 9.79. The first-order valence-corrected chi connectivity index (χ1v) is 8.34. The minimum Gasteiger partial charge on any atom is -0.301 e. The van der Waals surface area contributed by atoms with Crippen LogP contribution in [0.1, 0.15) is 38.2 Å². The molecule has 3 heteroatoms. The first-order chi connectivity index (χ1) is 9.60. The number of ketones is 1. The zero-order valence-electron chi connectivity index (χ0n) is 12.4. The van der Waals surface area contributed by atoms with Crippen LogP contribution < -0.4 is 0 Å². The second-order valence-electron chi connectivity index (χ2n) is 6.00. The summed E-state index contributed by atoms with van der Waals surface area (Å²) in [6.45, 7) is 4.01. The standard InChI is InChI=1S/C17H24BrNO/c1-3-13-8-9-17(20)15(10-13)12-19(2)11-14-6-4-5-7-16(14)18/h4-7,13,15H,3,8-12H2,1-2H3. The smallest absolute Gasteiger partial charge is 0.137 e. The number of rotatable bonds is 5. The summed E-state index contributed by atoms with van der Waals surface area (Å²) >= 11 is 3.59. The van der Waals surface area contributed by atoms with E-state index in [0.717, 1.165) is 42.7 Å². The lowest BCUT2D eigenvalue weighted by molar-refractivity contribution is -0.126. The predicted molar refractivity (Wildman–Crippen MR) is 86.6 cm³/mol. The van der Waals surface area contributed by atoms with Crippen molar-refractivity contribution in [3.8, 4) is 0 Å². The van der Waals surface area contributed by atoms with Crippen molar-refractivity contribution in [3.63, 3.8) is 0 Å². The van der Waals surface area contributed by atoms with E-state index in [2.05, 4.69) is 53.0 Å². The summed E-state index contributed by atoms with van der Waals surface area (Å²) in [7, 11) is 2.11. The van der Waals surface area contributed by atoms with E-state index in [0.29, 0.717) is 5.78 Å². The Hall–Kier alpha value is -0.670. The van der Waals surface area contributed by atoms with Crippen molar-refractivity contribution in [3.05, 3.63) is 34.3 Å². The topological polar surface area (TPSA) is 20.3 Å². The highest BCUT2D eigenvalue weighted by Gasteiger charge is 2.28.